The van der Waals surface area contributed by atoms with Crippen molar-refractivity contribution in [3.63, 3.8) is 0 Å². The van der Waals surface area contributed by atoms with E-state index in [1.165, 1.54) is 4.90 Å². The number of rotatable bonds is 6. The molecule has 3 heterocycles. The van der Waals surface area contributed by atoms with Gasteiger partial charge in [0.15, 0.2) is 6.30 Å². The fraction of sp³-hybridized carbons (Fsp3) is 0.917. The number of hydrogen-bond acceptors (Lipinski definition) is 7. The minimum Gasteiger partial charge on any atom is -0.391 e. The second-order valence-electron chi connectivity index (χ2n) is 11.6. The molecule has 2 amide bonds. The summed E-state index contributed by atoms with van der Waals surface area (Å²) in [5.41, 5.74) is 6.20. The van der Waals surface area contributed by atoms with E-state index in [4.69, 9.17) is 0 Å². The number of aliphatic hydroxyl groups is 1. The predicted molar refractivity (Wildman–Crippen MR) is 129 cm³/mol. The molecule has 0 bridgehead atoms. The second-order valence-corrected chi connectivity index (χ2v) is 11.6. The summed E-state index contributed by atoms with van der Waals surface area (Å²) >= 11 is 0. The number of alkyl halides is 1. The first-order valence-electron chi connectivity index (χ1n) is 12.7. The van der Waals surface area contributed by atoms with E-state index < -0.39 is 29.9 Å². The van der Waals surface area contributed by atoms with E-state index in [1.807, 2.05) is 37.7 Å². The molecule has 196 valence electrons. The first kappa shape index (κ1) is 27.3. The number of nitrogens with one attached hydrogen (secondary N) is 3. The molecule has 3 rings (SSSR count). The number of amides is 2. The van der Waals surface area contributed by atoms with Crippen LogP contribution in [0.15, 0.2) is 0 Å². The zero-order valence-electron chi connectivity index (χ0n) is 21.8. The Labute approximate surface area is 203 Å². The molecule has 0 aromatic rings. The zero-order chi connectivity index (χ0) is 25.4. The van der Waals surface area contributed by atoms with Gasteiger partial charge < -0.3 is 15.3 Å². The maximum atomic E-state index is 14.9. The lowest BCUT2D eigenvalue weighted by atomic mass is 9.73. The van der Waals surface area contributed by atoms with Crippen LogP contribution >= 0.6 is 0 Å². The lowest BCUT2D eigenvalue weighted by Crippen LogP contribution is -2.60. The van der Waals surface area contributed by atoms with Crippen molar-refractivity contribution in [1.82, 2.24) is 31.1 Å². The Morgan fingerprint density at radius 2 is 1.91 bits per heavy atom. The van der Waals surface area contributed by atoms with E-state index in [-0.39, 0.29) is 48.6 Å². The predicted octanol–water partition coefficient (Wildman–Crippen LogP) is 0.712. The molecule has 9 nitrogen and oxygen atoms in total. The zero-order valence-corrected chi connectivity index (χ0v) is 21.8. The molecular formula is C24H45FN6O3. The minimum atomic E-state index is -0.927. The maximum Gasteiger partial charge on any atom is 0.242 e. The standard InChI is InChI=1S/C24H45FN6O3/c1-8-9-16-14(2)17(12-29(7)21(16)25)18-13-31(28-27-18)20(24(3,4)5)23(34)30-11-15(32)10-19(30)22(33)26-6/h14-21,27-28,32H,8-13H2,1-7H3,(H,26,33)/t14?,15-,16?,17?,18?,19+,20-,21?/m1/s1. The summed E-state index contributed by atoms with van der Waals surface area (Å²) < 4.78 is 14.9. The third kappa shape index (κ3) is 5.41. The van der Waals surface area contributed by atoms with Gasteiger partial charge in [-0.15, -0.1) is 0 Å². The third-order valence-electron chi connectivity index (χ3n) is 8.03. The summed E-state index contributed by atoms with van der Waals surface area (Å²) in [6.45, 7) is 11.7. The van der Waals surface area contributed by atoms with Gasteiger partial charge in [0.1, 0.15) is 12.1 Å². The summed E-state index contributed by atoms with van der Waals surface area (Å²) in [6, 6.07) is -1.16. The van der Waals surface area contributed by atoms with Crippen molar-refractivity contribution < 1.29 is 19.1 Å². The smallest absolute Gasteiger partial charge is 0.242 e. The maximum absolute atomic E-state index is 14.9. The van der Waals surface area contributed by atoms with Crippen molar-refractivity contribution in [3.05, 3.63) is 0 Å². The van der Waals surface area contributed by atoms with Gasteiger partial charge in [0.05, 0.1) is 6.10 Å². The number of carbonyl (C=O) groups excluding carboxylic acids is 2. The van der Waals surface area contributed by atoms with Gasteiger partial charge in [-0.1, -0.05) is 41.0 Å². The summed E-state index contributed by atoms with van der Waals surface area (Å²) in [5, 5.41) is 14.8. The van der Waals surface area contributed by atoms with Crippen LogP contribution in [0.5, 0.6) is 0 Å². The molecule has 0 radical (unpaired) electrons. The Kier molecular flexibility index (Phi) is 8.61. The molecule has 8 atom stereocenters. The topological polar surface area (TPSA) is 100 Å². The van der Waals surface area contributed by atoms with E-state index in [0.29, 0.717) is 13.1 Å². The number of nitrogens with zero attached hydrogens (tertiary/aromatic N) is 3. The highest BCUT2D eigenvalue weighted by atomic mass is 19.1. The van der Waals surface area contributed by atoms with Gasteiger partial charge in [-0.2, -0.15) is 5.53 Å². The van der Waals surface area contributed by atoms with E-state index in [1.54, 1.807) is 7.05 Å². The second kappa shape index (κ2) is 10.7. The number of hydrogen-bond donors (Lipinski definition) is 4. The summed E-state index contributed by atoms with van der Waals surface area (Å²) in [5.74, 6) is -0.00237. The molecule has 34 heavy (non-hydrogen) atoms. The van der Waals surface area contributed by atoms with Crippen LogP contribution in [0.1, 0.15) is 53.9 Å². The van der Waals surface area contributed by atoms with Crippen molar-refractivity contribution >= 4 is 11.8 Å². The SMILES string of the molecule is CCCC1C(C)C(C2CN([C@H](C(=O)N3C[C@H](O)C[C@H]3C(=O)NC)C(C)(C)C)NN2)CN(C)C1F. The highest BCUT2D eigenvalue weighted by Gasteiger charge is 2.50. The number of carbonyl (C=O) groups is 2. The minimum absolute atomic E-state index is 0.0101. The summed E-state index contributed by atoms with van der Waals surface area (Å²) in [7, 11) is 3.40. The highest BCUT2D eigenvalue weighted by Crippen LogP contribution is 2.39. The third-order valence-corrected chi connectivity index (χ3v) is 8.03. The molecule has 0 aromatic heterocycles. The molecule has 3 saturated heterocycles. The molecule has 3 fully saturated rings. The van der Waals surface area contributed by atoms with Crippen molar-refractivity contribution in [1.29, 1.82) is 0 Å². The van der Waals surface area contributed by atoms with Crippen LogP contribution in [0.4, 0.5) is 4.39 Å². The first-order chi connectivity index (χ1) is 15.9. The number of hydrazine groups is 2. The van der Waals surface area contributed by atoms with E-state index >= 15 is 0 Å². The molecule has 3 aliphatic heterocycles. The Morgan fingerprint density at radius 1 is 1.24 bits per heavy atom. The highest BCUT2D eigenvalue weighted by molar-refractivity contribution is 5.90. The van der Waals surface area contributed by atoms with Crippen LogP contribution in [-0.2, 0) is 9.59 Å². The van der Waals surface area contributed by atoms with Crippen molar-refractivity contribution in [3.8, 4) is 0 Å². The van der Waals surface area contributed by atoms with Gasteiger partial charge in [-0.05, 0) is 30.7 Å². The van der Waals surface area contributed by atoms with Crippen molar-refractivity contribution in [2.45, 2.75) is 84.4 Å². The Balaban J connectivity index is 1.78. The van der Waals surface area contributed by atoms with E-state index in [2.05, 4.69) is 30.1 Å². The van der Waals surface area contributed by atoms with Gasteiger partial charge in [-0.25, -0.2) is 14.8 Å². The molecule has 0 spiro atoms. The summed E-state index contributed by atoms with van der Waals surface area (Å²) in [4.78, 5) is 29.6. The molecule has 4 N–H and O–H groups in total. The molecule has 5 unspecified atom stereocenters. The van der Waals surface area contributed by atoms with Gasteiger partial charge in [0.25, 0.3) is 0 Å². The molecule has 0 aromatic carbocycles. The fourth-order valence-corrected chi connectivity index (χ4v) is 6.20. The van der Waals surface area contributed by atoms with E-state index in [9.17, 15) is 19.1 Å². The van der Waals surface area contributed by atoms with Crippen LogP contribution < -0.4 is 16.3 Å². The number of halogens is 1. The molecule has 0 saturated carbocycles. The fourth-order valence-electron chi connectivity index (χ4n) is 6.20. The monoisotopic (exact) mass is 484 g/mol. The Bertz CT molecular complexity index is 734. The van der Waals surface area contributed by atoms with Gasteiger partial charge in [0.2, 0.25) is 11.8 Å². The average molecular weight is 485 g/mol. The van der Waals surface area contributed by atoms with Crippen molar-refractivity contribution in [2.75, 3.05) is 33.7 Å². The lowest BCUT2D eigenvalue weighted by Gasteiger charge is -2.45. The van der Waals surface area contributed by atoms with Crippen LogP contribution in [0.2, 0.25) is 0 Å². The quantitative estimate of drug-likeness (QED) is 0.412. The normalized spacial score (nSPS) is 36.6. The van der Waals surface area contributed by atoms with Crippen LogP contribution in [0, 0.1) is 23.2 Å². The number of likely N-dealkylation sites (N-methyl/N-ethyl adjacent to an activating group) is 1. The van der Waals surface area contributed by atoms with Crippen LogP contribution in [0.3, 0.4) is 0 Å². The number of β-amino-alcohol motifs (C(OH)–C–C–N with tert-alkyl or cyclic N) is 1. The number of likely N-dealkylation sites (tertiary alicyclic amines) is 2. The molecular weight excluding hydrogens is 439 g/mol. The Morgan fingerprint density at radius 3 is 2.50 bits per heavy atom. The summed E-state index contributed by atoms with van der Waals surface area (Å²) in [6.07, 6.45) is 0.406. The van der Waals surface area contributed by atoms with Crippen LogP contribution in [0.25, 0.3) is 0 Å². The number of piperidine rings is 1. The van der Waals surface area contributed by atoms with Crippen LogP contribution in [-0.4, -0.2) is 96.0 Å². The number of aliphatic hydroxyl groups excluding tert-OH is 1. The van der Waals surface area contributed by atoms with Crippen molar-refractivity contribution in [2.24, 2.45) is 23.2 Å². The average Bonchev–Trinajstić information content (AvgIpc) is 3.39. The first-order valence-corrected chi connectivity index (χ1v) is 12.7. The van der Waals surface area contributed by atoms with E-state index in [0.717, 1.165) is 12.8 Å². The van der Waals surface area contributed by atoms with Gasteiger partial charge in [-0.3, -0.25) is 14.5 Å². The Hall–Kier alpha value is -1.33. The van der Waals surface area contributed by atoms with Gasteiger partial charge in [0, 0.05) is 45.1 Å². The molecule has 3 aliphatic rings. The lowest BCUT2D eigenvalue weighted by molar-refractivity contribution is -0.147. The molecule has 10 heteroatoms. The largest absolute Gasteiger partial charge is 0.391 e. The van der Waals surface area contributed by atoms with Gasteiger partial charge >= 0.3 is 0 Å². The molecule has 0 aliphatic carbocycles.